The molecule has 1 aliphatic rings. The van der Waals surface area contributed by atoms with E-state index in [1.54, 1.807) is 0 Å². The van der Waals surface area contributed by atoms with Crippen molar-refractivity contribution in [2.75, 3.05) is 13.1 Å². The van der Waals surface area contributed by atoms with Gasteiger partial charge in [-0.1, -0.05) is 6.92 Å². The highest BCUT2D eigenvalue weighted by Gasteiger charge is 2.38. The van der Waals surface area contributed by atoms with E-state index in [2.05, 4.69) is 30.8 Å². The number of ketones is 1. The zero-order valence-electron chi connectivity index (χ0n) is 12.4. The summed E-state index contributed by atoms with van der Waals surface area (Å²) < 4.78 is 1.88. The van der Waals surface area contributed by atoms with Crippen molar-refractivity contribution >= 4 is 5.78 Å². The van der Waals surface area contributed by atoms with Crippen LogP contribution in [0.2, 0.25) is 0 Å². The highest BCUT2D eigenvalue weighted by molar-refractivity contribution is 5.89. The third-order valence-corrected chi connectivity index (χ3v) is 4.47. The van der Waals surface area contributed by atoms with Crippen molar-refractivity contribution in [2.24, 2.45) is 0 Å². The summed E-state index contributed by atoms with van der Waals surface area (Å²) in [6, 6.07) is 0. The van der Waals surface area contributed by atoms with Gasteiger partial charge in [0, 0.05) is 19.2 Å². The molecule has 1 aliphatic heterocycles. The second kappa shape index (κ2) is 5.87. The van der Waals surface area contributed by atoms with Crippen LogP contribution in [-0.4, -0.2) is 39.1 Å². The predicted octanol–water partition coefficient (Wildman–Crippen LogP) is 2.28. The van der Waals surface area contributed by atoms with E-state index >= 15 is 0 Å². The molecule has 1 fully saturated rings. The fourth-order valence-corrected chi connectivity index (χ4v) is 2.85. The number of rotatable bonds is 6. The summed E-state index contributed by atoms with van der Waals surface area (Å²) >= 11 is 0. The van der Waals surface area contributed by atoms with Gasteiger partial charge in [0.1, 0.15) is 0 Å². The van der Waals surface area contributed by atoms with Gasteiger partial charge < -0.3 is 0 Å². The van der Waals surface area contributed by atoms with E-state index in [0.717, 1.165) is 31.6 Å². The van der Waals surface area contributed by atoms with Crippen LogP contribution in [0.5, 0.6) is 0 Å². The standard InChI is InChI=1S/C15H25N3O/c1-4-15(3,17-8-6-7-9-17)14(19)10-13-11-16-18(5-2)12-13/h11-12H,4-10H2,1-3H3. The highest BCUT2D eigenvalue weighted by atomic mass is 16.1. The molecule has 1 atom stereocenters. The number of aryl methyl sites for hydroxylation is 1. The van der Waals surface area contributed by atoms with Gasteiger partial charge in [0.25, 0.3) is 0 Å². The Morgan fingerprint density at radius 2 is 2.05 bits per heavy atom. The molecule has 0 bridgehead atoms. The first kappa shape index (κ1) is 14.3. The molecule has 0 radical (unpaired) electrons. The minimum absolute atomic E-state index is 0.301. The summed E-state index contributed by atoms with van der Waals surface area (Å²) in [7, 11) is 0. The van der Waals surface area contributed by atoms with Crippen LogP contribution in [0.15, 0.2) is 12.4 Å². The molecule has 2 heterocycles. The van der Waals surface area contributed by atoms with Crippen LogP contribution in [0.3, 0.4) is 0 Å². The Labute approximate surface area is 115 Å². The number of hydrogen-bond acceptors (Lipinski definition) is 3. The summed E-state index contributed by atoms with van der Waals surface area (Å²) in [5.41, 5.74) is 0.732. The van der Waals surface area contributed by atoms with Crippen molar-refractivity contribution < 1.29 is 4.79 Å². The molecule has 0 amide bonds. The molecule has 0 aromatic carbocycles. The smallest absolute Gasteiger partial charge is 0.157 e. The van der Waals surface area contributed by atoms with Crippen molar-refractivity contribution in [2.45, 2.75) is 58.5 Å². The Morgan fingerprint density at radius 3 is 2.58 bits per heavy atom. The lowest BCUT2D eigenvalue weighted by molar-refractivity contribution is -0.129. The molecular formula is C15H25N3O. The largest absolute Gasteiger partial charge is 0.297 e. The molecule has 106 valence electrons. The molecule has 4 heteroatoms. The zero-order valence-corrected chi connectivity index (χ0v) is 12.4. The lowest BCUT2D eigenvalue weighted by Gasteiger charge is -2.36. The maximum absolute atomic E-state index is 12.7. The van der Waals surface area contributed by atoms with E-state index in [1.807, 2.05) is 17.1 Å². The first-order chi connectivity index (χ1) is 9.10. The average Bonchev–Trinajstić information content (AvgIpc) is 3.08. The fourth-order valence-electron chi connectivity index (χ4n) is 2.85. The monoisotopic (exact) mass is 263 g/mol. The molecule has 1 aromatic heterocycles. The lowest BCUT2D eigenvalue weighted by atomic mass is 9.88. The number of aromatic nitrogens is 2. The molecule has 2 rings (SSSR count). The van der Waals surface area contributed by atoms with E-state index in [9.17, 15) is 4.79 Å². The molecule has 1 saturated heterocycles. The number of hydrogen-bond donors (Lipinski definition) is 0. The van der Waals surface area contributed by atoms with Crippen LogP contribution in [0.4, 0.5) is 0 Å². The van der Waals surface area contributed by atoms with Crippen LogP contribution >= 0.6 is 0 Å². The SMILES string of the molecule is CCn1cc(CC(=O)C(C)(CC)N2CCCC2)cn1. The summed E-state index contributed by atoms with van der Waals surface area (Å²) in [6.07, 6.45) is 7.63. The molecule has 0 saturated carbocycles. The Morgan fingerprint density at radius 1 is 1.37 bits per heavy atom. The predicted molar refractivity (Wildman–Crippen MR) is 76.1 cm³/mol. The Kier molecular flexibility index (Phi) is 4.40. The minimum atomic E-state index is -0.301. The quantitative estimate of drug-likeness (QED) is 0.790. The maximum atomic E-state index is 12.7. The molecule has 4 nitrogen and oxygen atoms in total. The van der Waals surface area contributed by atoms with Gasteiger partial charge in [-0.2, -0.15) is 5.10 Å². The van der Waals surface area contributed by atoms with Crippen molar-refractivity contribution in [3.8, 4) is 0 Å². The number of carbonyl (C=O) groups is 1. The van der Waals surface area contributed by atoms with Gasteiger partial charge in [0.05, 0.1) is 11.7 Å². The molecule has 1 aromatic rings. The van der Waals surface area contributed by atoms with Crippen LogP contribution in [0.25, 0.3) is 0 Å². The van der Waals surface area contributed by atoms with Crippen LogP contribution in [0.1, 0.15) is 45.6 Å². The third kappa shape index (κ3) is 2.89. The van der Waals surface area contributed by atoms with E-state index < -0.39 is 0 Å². The first-order valence-corrected chi connectivity index (χ1v) is 7.40. The Hall–Kier alpha value is -1.16. The first-order valence-electron chi connectivity index (χ1n) is 7.40. The van der Waals surface area contributed by atoms with Crippen LogP contribution < -0.4 is 0 Å². The Bertz CT molecular complexity index is 434. The topological polar surface area (TPSA) is 38.1 Å². The number of carbonyl (C=O) groups excluding carboxylic acids is 1. The number of nitrogens with zero attached hydrogens (tertiary/aromatic N) is 3. The highest BCUT2D eigenvalue weighted by Crippen LogP contribution is 2.26. The summed E-state index contributed by atoms with van der Waals surface area (Å²) in [5.74, 6) is 0.326. The van der Waals surface area contributed by atoms with E-state index in [-0.39, 0.29) is 5.54 Å². The van der Waals surface area contributed by atoms with Crippen molar-refractivity contribution in [3.63, 3.8) is 0 Å². The van der Waals surface area contributed by atoms with Gasteiger partial charge in [0.2, 0.25) is 0 Å². The molecular weight excluding hydrogens is 238 g/mol. The van der Waals surface area contributed by atoms with Crippen LogP contribution in [0, 0.1) is 0 Å². The second-order valence-electron chi connectivity index (χ2n) is 5.63. The molecule has 0 aliphatic carbocycles. The number of likely N-dealkylation sites (tertiary alicyclic amines) is 1. The van der Waals surface area contributed by atoms with E-state index in [4.69, 9.17) is 0 Å². The lowest BCUT2D eigenvalue weighted by Crippen LogP contribution is -2.51. The average molecular weight is 263 g/mol. The van der Waals surface area contributed by atoms with Crippen LogP contribution in [-0.2, 0) is 17.8 Å². The van der Waals surface area contributed by atoms with Gasteiger partial charge in [-0.3, -0.25) is 14.4 Å². The second-order valence-corrected chi connectivity index (χ2v) is 5.63. The third-order valence-electron chi connectivity index (χ3n) is 4.47. The normalized spacial score (nSPS) is 19.5. The number of Topliss-reactive ketones (excluding diaryl/α,β-unsaturated/α-hetero) is 1. The fraction of sp³-hybridized carbons (Fsp3) is 0.733. The van der Waals surface area contributed by atoms with Crippen molar-refractivity contribution in [3.05, 3.63) is 18.0 Å². The van der Waals surface area contributed by atoms with Crippen molar-refractivity contribution in [1.82, 2.24) is 14.7 Å². The minimum Gasteiger partial charge on any atom is -0.297 e. The molecule has 0 N–H and O–H groups in total. The van der Waals surface area contributed by atoms with Crippen molar-refractivity contribution in [1.29, 1.82) is 0 Å². The van der Waals surface area contributed by atoms with Gasteiger partial charge >= 0.3 is 0 Å². The molecule has 19 heavy (non-hydrogen) atoms. The summed E-state index contributed by atoms with van der Waals surface area (Å²) in [5, 5.41) is 4.24. The van der Waals surface area contributed by atoms with Gasteiger partial charge in [-0.25, -0.2) is 0 Å². The maximum Gasteiger partial charge on any atom is 0.157 e. The zero-order chi connectivity index (χ0) is 13.9. The summed E-state index contributed by atoms with van der Waals surface area (Å²) in [6.45, 7) is 9.25. The van der Waals surface area contributed by atoms with Gasteiger partial charge in [0.15, 0.2) is 5.78 Å². The van der Waals surface area contributed by atoms with E-state index in [0.29, 0.717) is 12.2 Å². The van der Waals surface area contributed by atoms with E-state index in [1.165, 1.54) is 12.8 Å². The molecule has 0 spiro atoms. The summed E-state index contributed by atoms with van der Waals surface area (Å²) in [4.78, 5) is 15.0. The van der Waals surface area contributed by atoms with Gasteiger partial charge in [-0.15, -0.1) is 0 Å². The Balaban J connectivity index is 2.07. The van der Waals surface area contributed by atoms with Gasteiger partial charge in [-0.05, 0) is 51.8 Å². The molecule has 1 unspecified atom stereocenters.